The van der Waals surface area contributed by atoms with E-state index in [9.17, 15) is 19.2 Å². The summed E-state index contributed by atoms with van der Waals surface area (Å²) in [5.74, 6) is -2.04. The molecule has 0 spiro atoms. The third-order valence-electron chi connectivity index (χ3n) is 5.46. The molecule has 0 bridgehead atoms. The first-order valence-electron chi connectivity index (χ1n) is 11.8. The smallest absolute Gasteiger partial charge is 0.408 e. The van der Waals surface area contributed by atoms with Gasteiger partial charge in [0.25, 0.3) is 5.91 Å². The molecule has 0 saturated carbocycles. The molecule has 0 radical (unpaired) electrons. The number of carbonyl (C=O) groups is 4. The molecule has 3 N–H and O–H groups in total. The van der Waals surface area contributed by atoms with Gasteiger partial charge in [0.05, 0.1) is 7.11 Å². The fourth-order valence-electron chi connectivity index (χ4n) is 3.55. The summed E-state index contributed by atoms with van der Waals surface area (Å²) in [6.45, 7) is 11.1. The number of alkyl carbamates (subject to hydrolysis) is 1. The molecule has 1 heterocycles. The van der Waals surface area contributed by atoms with Crippen molar-refractivity contribution in [3.63, 3.8) is 0 Å². The number of amides is 3. The van der Waals surface area contributed by atoms with Gasteiger partial charge in [0.1, 0.15) is 16.7 Å². The first-order valence-corrected chi connectivity index (χ1v) is 11.8. The number of esters is 1. The summed E-state index contributed by atoms with van der Waals surface area (Å²) in [5.41, 5.74) is -4.70. The molecule has 2 aromatic rings. The van der Waals surface area contributed by atoms with Gasteiger partial charge in [-0.15, -0.1) is 0 Å². The number of rotatable bonds is 8. The first kappa shape index (κ1) is 29.3. The predicted octanol–water partition coefficient (Wildman–Crippen LogP) is 2.81. The van der Waals surface area contributed by atoms with Gasteiger partial charge in [0.15, 0.2) is 5.54 Å². The van der Waals surface area contributed by atoms with Gasteiger partial charge in [-0.25, -0.2) is 9.59 Å². The van der Waals surface area contributed by atoms with Gasteiger partial charge in [0.2, 0.25) is 5.91 Å². The number of nitrogens with one attached hydrogen (secondary N) is 3. The molecular formula is C27H36N4O6. The van der Waals surface area contributed by atoms with E-state index >= 15 is 0 Å². The Morgan fingerprint density at radius 1 is 0.703 bits per heavy atom. The van der Waals surface area contributed by atoms with Crippen molar-refractivity contribution in [1.29, 1.82) is 0 Å². The molecule has 1 aromatic carbocycles. The van der Waals surface area contributed by atoms with Gasteiger partial charge in [-0.1, -0.05) is 30.3 Å². The van der Waals surface area contributed by atoms with Crippen molar-refractivity contribution in [2.45, 2.75) is 70.7 Å². The van der Waals surface area contributed by atoms with E-state index in [1.165, 1.54) is 47.2 Å². The third kappa shape index (κ3) is 7.05. The fraction of sp³-hybridized carbons (Fsp3) is 0.444. The van der Waals surface area contributed by atoms with Crippen LogP contribution in [-0.4, -0.2) is 52.6 Å². The number of hydrogen-bond donors (Lipinski definition) is 3. The zero-order valence-corrected chi connectivity index (χ0v) is 22.6. The Hall–Kier alpha value is -3.95. The van der Waals surface area contributed by atoms with Crippen molar-refractivity contribution in [2.75, 3.05) is 7.11 Å². The number of benzene rings is 1. The molecule has 2 rings (SSSR count). The summed E-state index contributed by atoms with van der Waals surface area (Å²) in [7, 11) is 1.22. The highest BCUT2D eigenvalue weighted by Crippen LogP contribution is 2.32. The number of aromatic nitrogens is 1. The van der Waals surface area contributed by atoms with Crippen LogP contribution in [0.5, 0.6) is 0 Å². The van der Waals surface area contributed by atoms with Crippen molar-refractivity contribution in [3.05, 3.63) is 66.0 Å². The highest BCUT2D eigenvalue weighted by molar-refractivity contribution is 6.00. The molecule has 1 unspecified atom stereocenters. The van der Waals surface area contributed by atoms with Crippen molar-refractivity contribution in [2.24, 2.45) is 0 Å². The van der Waals surface area contributed by atoms with Crippen LogP contribution in [0.2, 0.25) is 0 Å². The lowest BCUT2D eigenvalue weighted by molar-refractivity contribution is -0.150. The molecule has 0 aliphatic carbocycles. The number of carbonyl (C=O) groups excluding carboxylic acids is 4. The van der Waals surface area contributed by atoms with Crippen LogP contribution < -0.4 is 16.0 Å². The van der Waals surface area contributed by atoms with Gasteiger partial charge in [0, 0.05) is 12.4 Å². The van der Waals surface area contributed by atoms with Crippen LogP contribution in [0.25, 0.3) is 0 Å². The van der Waals surface area contributed by atoms with Gasteiger partial charge in [-0.05, 0) is 71.7 Å². The summed E-state index contributed by atoms with van der Waals surface area (Å²) >= 11 is 0. The van der Waals surface area contributed by atoms with E-state index in [2.05, 4.69) is 20.9 Å². The highest BCUT2D eigenvalue weighted by Gasteiger charge is 2.48. The summed E-state index contributed by atoms with van der Waals surface area (Å²) in [6, 6.07) is 11.8. The molecule has 0 aliphatic rings. The summed E-state index contributed by atoms with van der Waals surface area (Å²) in [4.78, 5) is 56.7. The van der Waals surface area contributed by atoms with Crippen LogP contribution in [-0.2, 0) is 29.4 Å². The molecule has 3 amide bonds. The van der Waals surface area contributed by atoms with E-state index in [1.807, 2.05) is 0 Å². The lowest BCUT2D eigenvalue weighted by Gasteiger charge is -2.39. The SMILES string of the molecule is COC(=O)C(C)(C)NC(=O)C(NC(=O)C(C)(C)NC(=O)OC(C)(C)C)(c1ccccc1)c1ccncc1. The number of nitrogens with zero attached hydrogens (tertiary/aromatic N) is 1. The normalized spacial score (nSPS) is 13.5. The molecule has 10 nitrogen and oxygen atoms in total. The average molecular weight is 513 g/mol. The first-order chi connectivity index (χ1) is 17.0. The van der Waals surface area contributed by atoms with E-state index in [0.717, 1.165) is 0 Å². The van der Waals surface area contributed by atoms with Crippen molar-refractivity contribution >= 4 is 23.9 Å². The molecule has 37 heavy (non-hydrogen) atoms. The van der Waals surface area contributed by atoms with Crippen LogP contribution in [0.15, 0.2) is 54.9 Å². The van der Waals surface area contributed by atoms with Crippen molar-refractivity contribution < 1.29 is 28.7 Å². The van der Waals surface area contributed by atoms with Gasteiger partial charge >= 0.3 is 12.1 Å². The number of hydrogen-bond acceptors (Lipinski definition) is 7. The Bertz CT molecular complexity index is 1090. The summed E-state index contributed by atoms with van der Waals surface area (Å²) in [5, 5.41) is 8.12. The number of pyridine rings is 1. The molecule has 200 valence electrons. The lowest BCUT2D eigenvalue weighted by Crippen LogP contribution is -2.66. The largest absolute Gasteiger partial charge is 0.467 e. The molecule has 0 fully saturated rings. The molecule has 10 heteroatoms. The highest BCUT2D eigenvalue weighted by atomic mass is 16.6. The zero-order chi connectivity index (χ0) is 28.1. The monoisotopic (exact) mass is 512 g/mol. The lowest BCUT2D eigenvalue weighted by atomic mass is 9.80. The van der Waals surface area contributed by atoms with E-state index < -0.39 is 46.1 Å². The van der Waals surface area contributed by atoms with Gasteiger partial charge in [-0.3, -0.25) is 14.6 Å². The van der Waals surface area contributed by atoms with Gasteiger partial charge < -0.3 is 25.4 Å². The second-order valence-electron chi connectivity index (χ2n) is 10.6. The minimum absolute atomic E-state index is 0.383. The maximum absolute atomic E-state index is 14.1. The van der Waals surface area contributed by atoms with Crippen LogP contribution >= 0.6 is 0 Å². The number of ether oxygens (including phenoxy) is 2. The summed E-state index contributed by atoms with van der Waals surface area (Å²) < 4.78 is 10.2. The van der Waals surface area contributed by atoms with E-state index in [-0.39, 0.29) is 0 Å². The summed E-state index contributed by atoms with van der Waals surface area (Å²) in [6.07, 6.45) is 2.18. The maximum Gasteiger partial charge on any atom is 0.408 e. The molecule has 0 saturated heterocycles. The third-order valence-corrected chi connectivity index (χ3v) is 5.46. The Morgan fingerprint density at radius 3 is 1.76 bits per heavy atom. The molecule has 1 atom stereocenters. The Labute approximate surface area is 217 Å². The second kappa shape index (κ2) is 11.0. The standard InChI is InChI=1S/C27H36N4O6/c1-24(2,3)37-23(35)31-25(4,5)20(32)30-27(18-12-10-9-11-13-18,19-14-16-28-17-15-19)21(33)29-26(6,7)22(34)36-8/h9-17H,1-8H3,(H,29,33)(H,30,32)(H,31,35). The second-order valence-corrected chi connectivity index (χ2v) is 10.6. The zero-order valence-electron chi connectivity index (χ0n) is 22.6. The van der Waals surface area contributed by atoms with E-state index in [4.69, 9.17) is 9.47 Å². The van der Waals surface area contributed by atoms with E-state index in [0.29, 0.717) is 11.1 Å². The molecular weight excluding hydrogens is 476 g/mol. The maximum atomic E-state index is 14.1. The van der Waals surface area contributed by atoms with Gasteiger partial charge in [-0.2, -0.15) is 0 Å². The minimum atomic E-state index is -1.81. The molecule has 1 aromatic heterocycles. The average Bonchev–Trinajstić information content (AvgIpc) is 2.80. The van der Waals surface area contributed by atoms with Crippen LogP contribution in [0.3, 0.4) is 0 Å². The van der Waals surface area contributed by atoms with Crippen LogP contribution in [0.1, 0.15) is 59.6 Å². The predicted molar refractivity (Wildman–Crippen MR) is 137 cm³/mol. The number of methoxy groups -OCH3 is 1. The quantitative estimate of drug-likeness (QED) is 0.463. The minimum Gasteiger partial charge on any atom is -0.467 e. The molecule has 0 aliphatic heterocycles. The van der Waals surface area contributed by atoms with Crippen LogP contribution in [0, 0.1) is 0 Å². The van der Waals surface area contributed by atoms with Crippen LogP contribution in [0.4, 0.5) is 4.79 Å². The Balaban J connectivity index is 2.63. The van der Waals surface area contributed by atoms with E-state index in [1.54, 1.807) is 63.2 Å². The van der Waals surface area contributed by atoms with Crippen molar-refractivity contribution in [3.8, 4) is 0 Å². The topological polar surface area (TPSA) is 136 Å². The van der Waals surface area contributed by atoms with Crippen molar-refractivity contribution in [1.82, 2.24) is 20.9 Å². The Morgan fingerprint density at radius 2 is 1.24 bits per heavy atom. The Kier molecular flexibility index (Phi) is 8.69. The fourth-order valence-corrected chi connectivity index (χ4v) is 3.55.